The van der Waals surface area contributed by atoms with Gasteiger partial charge in [0.15, 0.2) is 0 Å². The van der Waals surface area contributed by atoms with Gasteiger partial charge in [-0.3, -0.25) is 9.69 Å². The highest BCUT2D eigenvalue weighted by Gasteiger charge is 2.45. The molecule has 0 bridgehead atoms. The van der Waals surface area contributed by atoms with Crippen LogP contribution in [0.15, 0.2) is 42.5 Å². The molecule has 2 unspecified atom stereocenters. The first-order chi connectivity index (χ1) is 16.8. The van der Waals surface area contributed by atoms with Gasteiger partial charge in [-0.1, -0.05) is 107 Å². The van der Waals surface area contributed by atoms with Gasteiger partial charge in [-0.05, 0) is 51.1 Å². The van der Waals surface area contributed by atoms with Crippen LogP contribution in [-0.2, 0) is 11.2 Å². The first kappa shape index (κ1) is 31.2. The normalized spacial score (nSPS) is 14.0. The Balaban J connectivity index is 2.30. The van der Waals surface area contributed by atoms with Crippen molar-refractivity contribution in [3.8, 4) is 0 Å². The van der Waals surface area contributed by atoms with Gasteiger partial charge in [0.05, 0.1) is 0 Å². The molecule has 35 heavy (non-hydrogen) atoms. The van der Waals surface area contributed by atoms with Gasteiger partial charge in [-0.15, -0.1) is 0 Å². The number of carboxylic acid groups (broad SMARTS) is 1. The molecular formula is C29H46F3NO2. The Hall–Kier alpha value is -1.82. The van der Waals surface area contributed by atoms with Crippen LogP contribution < -0.4 is 0 Å². The van der Waals surface area contributed by atoms with Crippen LogP contribution in [0.5, 0.6) is 0 Å². The van der Waals surface area contributed by atoms with Gasteiger partial charge in [0.2, 0.25) is 0 Å². The van der Waals surface area contributed by atoms with Crippen molar-refractivity contribution in [3.63, 3.8) is 0 Å². The Morgan fingerprint density at radius 2 is 1.40 bits per heavy atom. The maximum absolute atomic E-state index is 13.8. The predicted octanol–water partition coefficient (Wildman–Crippen LogP) is 8.58. The van der Waals surface area contributed by atoms with Gasteiger partial charge >= 0.3 is 12.1 Å². The van der Waals surface area contributed by atoms with E-state index in [9.17, 15) is 23.1 Å². The number of hydrogen-bond acceptors (Lipinski definition) is 2. The predicted molar refractivity (Wildman–Crippen MR) is 139 cm³/mol. The van der Waals surface area contributed by atoms with Gasteiger partial charge in [0, 0.05) is 0 Å². The maximum Gasteiger partial charge on any atom is 0.404 e. The molecule has 0 radical (unpaired) electrons. The number of aliphatic carboxylic acids is 1. The number of halogens is 3. The van der Waals surface area contributed by atoms with Crippen LogP contribution >= 0.6 is 0 Å². The fraction of sp³-hybridized carbons (Fsp3) is 0.690. The maximum atomic E-state index is 13.8. The molecule has 0 aliphatic rings. The lowest BCUT2D eigenvalue weighted by molar-refractivity contribution is -0.191. The summed E-state index contributed by atoms with van der Waals surface area (Å²) in [6, 6.07) is 5.86. The summed E-state index contributed by atoms with van der Waals surface area (Å²) in [5.41, 5.74) is 0.718. The number of likely N-dealkylation sites (N-methyl/N-ethyl adjacent to an activating group) is 1. The Labute approximate surface area is 210 Å². The molecule has 0 aromatic heterocycles. The summed E-state index contributed by atoms with van der Waals surface area (Å²) in [7, 11) is 1.29. The summed E-state index contributed by atoms with van der Waals surface area (Å²) in [6.07, 6.45) is 14.2. The molecule has 1 N–H and O–H groups in total. The summed E-state index contributed by atoms with van der Waals surface area (Å²) in [4.78, 5) is 12.8. The van der Waals surface area contributed by atoms with Crippen molar-refractivity contribution in [1.82, 2.24) is 4.90 Å². The lowest BCUT2D eigenvalue weighted by Gasteiger charge is -2.34. The third kappa shape index (κ3) is 14.4. The number of benzene rings is 1. The summed E-state index contributed by atoms with van der Waals surface area (Å²) in [5, 5.41) is 9.61. The molecule has 0 saturated heterocycles. The third-order valence-corrected chi connectivity index (χ3v) is 6.66. The summed E-state index contributed by atoms with van der Waals surface area (Å²) >= 11 is 0. The fourth-order valence-corrected chi connectivity index (χ4v) is 4.47. The molecule has 0 fully saturated rings. The van der Waals surface area contributed by atoms with E-state index in [1.54, 1.807) is 30.3 Å². The number of carbonyl (C=O) groups is 1. The van der Waals surface area contributed by atoms with Gasteiger partial charge in [-0.2, -0.15) is 13.2 Å². The Morgan fingerprint density at radius 3 is 1.91 bits per heavy atom. The molecule has 0 spiro atoms. The lowest BCUT2D eigenvalue weighted by atomic mass is 9.99. The van der Waals surface area contributed by atoms with Crippen molar-refractivity contribution >= 4 is 5.97 Å². The Bertz CT molecular complexity index is 691. The zero-order chi connectivity index (χ0) is 25.9. The van der Waals surface area contributed by atoms with Crippen LogP contribution in [0.4, 0.5) is 13.2 Å². The number of nitrogens with zero attached hydrogens (tertiary/aromatic N) is 1. The quantitative estimate of drug-likeness (QED) is 0.145. The molecule has 0 aliphatic carbocycles. The number of unbranched alkanes of at least 4 members (excludes halogenated alkanes) is 11. The van der Waals surface area contributed by atoms with Crippen LogP contribution in [-0.4, -0.2) is 41.3 Å². The Kier molecular flexibility index (Phi) is 16.5. The van der Waals surface area contributed by atoms with Crippen LogP contribution in [0.25, 0.3) is 0 Å². The standard InChI is InChI=1S/C29H46F3NO2/c1-3-4-5-6-7-8-9-10-11-12-13-14-15-16-20-23-27(29(30,31)32)33(2)26(28(34)35)24-25-21-18-17-19-22-25/h8-9,17-19,21-22,26-27H,3-7,10-16,20,23-24H2,1-2H3,(H,34,35)/b9-8+. The molecule has 0 aliphatic heterocycles. The van der Waals surface area contributed by atoms with E-state index in [-0.39, 0.29) is 12.8 Å². The van der Waals surface area contributed by atoms with E-state index in [1.165, 1.54) is 45.6 Å². The van der Waals surface area contributed by atoms with Crippen molar-refractivity contribution in [3.05, 3.63) is 48.0 Å². The highest BCUT2D eigenvalue weighted by Crippen LogP contribution is 2.30. The number of hydrogen-bond donors (Lipinski definition) is 1. The molecule has 2 atom stereocenters. The highest BCUT2D eigenvalue weighted by molar-refractivity contribution is 5.74. The minimum absolute atomic E-state index is 0.0489. The molecule has 0 amide bonds. The van der Waals surface area contributed by atoms with E-state index in [4.69, 9.17) is 0 Å². The topological polar surface area (TPSA) is 40.5 Å². The zero-order valence-electron chi connectivity index (χ0n) is 21.7. The van der Waals surface area contributed by atoms with Gasteiger partial charge in [0.25, 0.3) is 0 Å². The van der Waals surface area contributed by atoms with Crippen LogP contribution in [0, 0.1) is 0 Å². The zero-order valence-corrected chi connectivity index (χ0v) is 21.7. The first-order valence-corrected chi connectivity index (χ1v) is 13.5. The van der Waals surface area contributed by atoms with Gasteiger partial charge in [0.1, 0.15) is 12.1 Å². The van der Waals surface area contributed by atoms with E-state index >= 15 is 0 Å². The largest absolute Gasteiger partial charge is 0.480 e. The van der Waals surface area contributed by atoms with Crippen molar-refractivity contribution in [1.29, 1.82) is 0 Å². The van der Waals surface area contributed by atoms with Crippen LogP contribution in [0.3, 0.4) is 0 Å². The molecule has 0 heterocycles. The average Bonchev–Trinajstić information content (AvgIpc) is 2.81. The molecule has 1 aromatic carbocycles. The Morgan fingerprint density at radius 1 is 0.886 bits per heavy atom. The highest BCUT2D eigenvalue weighted by atomic mass is 19.4. The average molecular weight is 498 g/mol. The van der Waals surface area contributed by atoms with Crippen molar-refractivity contribution in [2.75, 3.05) is 7.05 Å². The number of allylic oxidation sites excluding steroid dienone is 2. The molecule has 0 saturated carbocycles. The molecule has 3 nitrogen and oxygen atoms in total. The lowest BCUT2D eigenvalue weighted by Crippen LogP contribution is -2.52. The summed E-state index contributed by atoms with van der Waals surface area (Å²) in [6.45, 7) is 2.22. The van der Waals surface area contributed by atoms with Crippen LogP contribution in [0.1, 0.15) is 102 Å². The molecule has 6 heteroatoms. The van der Waals surface area contributed by atoms with E-state index in [2.05, 4.69) is 19.1 Å². The van der Waals surface area contributed by atoms with Gasteiger partial charge < -0.3 is 5.11 Å². The number of carboxylic acids is 1. The minimum atomic E-state index is -4.46. The van der Waals surface area contributed by atoms with E-state index in [0.717, 1.165) is 49.0 Å². The van der Waals surface area contributed by atoms with Crippen LogP contribution in [0.2, 0.25) is 0 Å². The summed E-state index contributed by atoms with van der Waals surface area (Å²) < 4.78 is 41.3. The molecule has 1 rings (SSSR count). The van der Waals surface area contributed by atoms with Crippen molar-refractivity contribution in [2.45, 2.75) is 121 Å². The summed E-state index contributed by atoms with van der Waals surface area (Å²) in [5.74, 6) is -1.23. The van der Waals surface area contributed by atoms with E-state index < -0.39 is 24.2 Å². The second kappa shape index (κ2) is 18.4. The first-order valence-electron chi connectivity index (χ1n) is 13.5. The minimum Gasteiger partial charge on any atom is -0.480 e. The third-order valence-electron chi connectivity index (χ3n) is 6.66. The molecule has 200 valence electrons. The molecule has 1 aromatic rings. The second-order valence-electron chi connectivity index (χ2n) is 9.64. The second-order valence-corrected chi connectivity index (χ2v) is 9.64. The number of rotatable bonds is 20. The number of alkyl halides is 3. The van der Waals surface area contributed by atoms with E-state index in [1.807, 2.05) is 0 Å². The smallest absolute Gasteiger partial charge is 0.404 e. The fourth-order valence-electron chi connectivity index (χ4n) is 4.47. The SMILES string of the molecule is CCCCCC/C=C/CCCCCCCCCC(N(C)C(Cc1ccccc1)C(=O)O)C(F)(F)F. The van der Waals surface area contributed by atoms with Crippen molar-refractivity contribution < 1.29 is 23.1 Å². The monoisotopic (exact) mass is 497 g/mol. The molecular weight excluding hydrogens is 451 g/mol. The van der Waals surface area contributed by atoms with Crippen molar-refractivity contribution in [2.24, 2.45) is 0 Å². The van der Waals surface area contributed by atoms with Gasteiger partial charge in [-0.25, -0.2) is 0 Å². The van der Waals surface area contributed by atoms with E-state index in [0.29, 0.717) is 6.42 Å².